The van der Waals surface area contributed by atoms with Crippen LogP contribution in [0.2, 0.25) is 0 Å². The number of fused-ring (bicyclic) bond motifs is 1. The van der Waals surface area contributed by atoms with Crippen molar-refractivity contribution in [3.8, 4) is 0 Å². The third-order valence-electron chi connectivity index (χ3n) is 4.64. The molecule has 2 heterocycles. The Morgan fingerprint density at radius 3 is 2.69 bits per heavy atom. The van der Waals surface area contributed by atoms with E-state index in [-0.39, 0.29) is 11.9 Å². The Labute approximate surface area is 152 Å². The molecule has 1 unspecified atom stereocenters. The lowest BCUT2D eigenvalue weighted by Crippen LogP contribution is -2.36. The minimum atomic E-state index is -0.100. The zero-order chi connectivity index (χ0) is 18.1. The van der Waals surface area contributed by atoms with E-state index in [1.165, 1.54) is 17.5 Å². The van der Waals surface area contributed by atoms with Crippen LogP contribution in [0.3, 0.4) is 0 Å². The van der Waals surface area contributed by atoms with Gasteiger partial charge in [0.1, 0.15) is 17.8 Å². The van der Waals surface area contributed by atoms with Gasteiger partial charge in [-0.05, 0) is 44.0 Å². The highest BCUT2D eigenvalue weighted by molar-refractivity contribution is 6.06. The minimum Gasteiger partial charge on any atom is -0.340 e. The van der Waals surface area contributed by atoms with Crippen LogP contribution in [0.1, 0.15) is 28.5 Å². The van der Waals surface area contributed by atoms with Gasteiger partial charge in [0.25, 0.3) is 5.91 Å². The number of benzene rings is 2. The molecular weight excluding hydrogens is 324 g/mol. The number of rotatable bonds is 3. The summed E-state index contributed by atoms with van der Waals surface area (Å²) in [5.41, 5.74) is 4.67. The summed E-state index contributed by atoms with van der Waals surface area (Å²) in [6.07, 6.45) is 2.29. The van der Waals surface area contributed by atoms with Gasteiger partial charge in [0.05, 0.1) is 0 Å². The number of para-hydroxylation sites is 1. The van der Waals surface area contributed by atoms with Crippen molar-refractivity contribution in [3.63, 3.8) is 0 Å². The second kappa shape index (κ2) is 6.59. The van der Waals surface area contributed by atoms with E-state index in [0.29, 0.717) is 11.5 Å². The largest absolute Gasteiger partial charge is 0.340 e. The molecule has 5 nitrogen and oxygen atoms in total. The molecule has 1 atom stereocenters. The molecular formula is C21H20N4O. The molecule has 0 aliphatic carbocycles. The maximum atomic E-state index is 13.1. The second-order valence-corrected chi connectivity index (χ2v) is 6.64. The molecule has 0 saturated carbocycles. The Kier molecular flexibility index (Phi) is 4.13. The van der Waals surface area contributed by atoms with Crippen LogP contribution in [0.15, 0.2) is 60.9 Å². The molecule has 2 aromatic carbocycles. The molecule has 0 radical (unpaired) electrons. The third kappa shape index (κ3) is 3.04. The second-order valence-electron chi connectivity index (χ2n) is 6.64. The van der Waals surface area contributed by atoms with Crippen LogP contribution in [0.25, 0.3) is 0 Å². The SMILES string of the molecule is Cc1ccc(Nc2cc(C(=O)N3c4ccccc4CC3C)ncn2)cc1. The molecule has 0 saturated heterocycles. The molecule has 0 fully saturated rings. The highest BCUT2D eigenvalue weighted by atomic mass is 16.2. The van der Waals surface area contributed by atoms with Crippen LogP contribution in [-0.2, 0) is 6.42 Å². The molecule has 1 aromatic heterocycles. The van der Waals surface area contributed by atoms with Gasteiger partial charge >= 0.3 is 0 Å². The van der Waals surface area contributed by atoms with Gasteiger partial charge in [-0.15, -0.1) is 0 Å². The van der Waals surface area contributed by atoms with Crippen LogP contribution < -0.4 is 10.2 Å². The smallest absolute Gasteiger partial charge is 0.277 e. The number of anilines is 3. The van der Waals surface area contributed by atoms with Crippen molar-refractivity contribution < 1.29 is 4.79 Å². The quantitative estimate of drug-likeness (QED) is 0.776. The summed E-state index contributed by atoms with van der Waals surface area (Å²) in [5.74, 6) is 0.504. The van der Waals surface area contributed by atoms with Crippen LogP contribution in [0.4, 0.5) is 17.2 Å². The Morgan fingerprint density at radius 1 is 1.12 bits per heavy atom. The van der Waals surface area contributed by atoms with Crippen molar-refractivity contribution in [1.29, 1.82) is 0 Å². The predicted molar refractivity (Wildman–Crippen MR) is 103 cm³/mol. The summed E-state index contributed by atoms with van der Waals surface area (Å²) in [5, 5.41) is 3.23. The van der Waals surface area contributed by atoms with Crippen LogP contribution in [0.5, 0.6) is 0 Å². The number of nitrogens with zero attached hydrogens (tertiary/aromatic N) is 3. The summed E-state index contributed by atoms with van der Waals surface area (Å²) in [7, 11) is 0. The predicted octanol–water partition coefficient (Wildman–Crippen LogP) is 4.12. The summed E-state index contributed by atoms with van der Waals surface area (Å²) >= 11 is 0. The fourth-order valence-electron chi connectivity index (χ4n) is 3.33. The Morgan fingerprint density at radius 2 is 1.88 bits per heavy atom. The molecule has 1 N–H and O–H groups in total. The van der Waals surface area contributed by atoms with E-state index >= 15 is 0 Å². The normalized spacial score (nSPS) is 15.6. The highest BCUT2D eigenvalue weighted by Crippen LogP contribution is 2.33. The van der Waals surface area contributed by atoms with Crippen LogP contribution >= 0.6 is 0 Å². The number of aromatic nitrogens is 2. The van der Waals surface area contributed by atoms with Gasteiger partial charge in [-0.3, -0.25) is 4.79 Å². The first-order valence-electron chi connectivity index (χ1n) is 8.69. The van der Waals surface area contributed by atoms with Crippen molar-refractivity contribution in [2.24, 2.45) is 0 Å². The van der Waals surface area contributed by atoms with E-state index in [2.05, 4.69) is 28.3 Å². The fraction of sp³-hybridized carbons (Fsp3) is 0.190. The molecule has 0 spiro atoms. The third-order valence-corrected chi connectivity index (χ3v) is 4.64. The van der Waals surface area contributed by atoms with E-state index in [4.69, 9.17) is 0 Å². The van der Waals surface area contributed by atoms with Gasteiger partial charge in [0.2, 0.25) is 0 Å². The van der Waals surface area contributed by atoms with E-state index in [1.807, 2.05) is 54.3 Å². The van der Waals surface area contributed by atoms with Crippen LogP contribution in [0, 0.1) is 6.92 Å². The van der Waals surface area contributed by atoms with Gasteiger partial charge < -0.3 is 10.2 Å². The molecule has 3 aromatic rings. The zero-order valence-corrected chi connectivity index (χ0v) is 14.8. The number of hydrogen-bond acceptors (Lipinski definition) is 4. The van der Waals surface area contributed by atoms with Crippen molar-refractivity contribution >= 4 is 23.1 Å². The van der Waals surface area contributed by atoms with E-state index < -0.39 is 0 Å². The molecule has 26 heavy (non-hydrogen) atoms. The van der Waals surface area contributed by atoms with E-state index in [1.54, 1.807) is 6.07 Å². The molecule has 1 aliphatic rings. The first kappa shape index (κ1) is 16.3. The lowest BCUT2D eigenvalue weighted by atomic mass is 10.1. The van der Waals surface area contributed by atoms with Crippen molar-refractivity contribution in [3.05, 3.63) is 77.7 Å². The van der Waals surface area contributed by atoms with Gasteiger partial charge in [0, 0.05) is 23.5 Å². The minimum absolute atomic E-state index is 0.100. The molecule has 4 rings (SSSR count). The number of nitrogens with one attached hydrogen (secondary N) is 1. The number of hydrogen-bond donors (Lipinski definition) is 1. The zero-order valence-electron chi connectivity index (χ0n) is 14.8. The standard InChI is InChI=1S/C21H20N4O/c1-14-7-9-17(10-8-14)24-20-12-18(22-13-23-20)21(26)25-15(2)11-16-5-3-4-6-19(16)25/h3-10,12-13,15H,11H2,1-2H3,(H,22,23,24). The lowest BCUT2D eigenvalue weighted by molar-refractivity contribution is 0.0976. The topological polar surface area (TPSA) is 58.1 Å². The van der Waals surface area contributed by atoms with Crippen molar-refractivity contribution in [2.45, 2.75) is 26.3 Å². The van der Waals surface area contributed by atoms with Gasteiger partial charge in [0.15, 0.2) is 0 Å². The maximum Gasteiger partial charge on any atom is 0.277 e. The molecule has 0 bridgehead atoms. The Hall–Kier alpha value is -3.21. The number of aryl methyl sites for hydroxylation is 1. The summed E-state index contributed by atoms with van der Waals surface area (Å²) in [4.78, 5) is 23.3. The van der Waals surface area contributed by atoms with E-state index in [9.17, 15) is 4.79 Å². The molecule has 5 heteroatoms. The monoisotopic (exact) mass is 344 g/mol. The van der Waals surface area contributed by atoms with Crippen molar-refractivity contribution in [2.75, 3.05) is 10.2 Å². The lowest BCUT2D eigenvalue weighted by Gasteiger charge is -2.22. The molecule has 130 valence electrons. The van der Waals surface area contributed by atoms with E-state index in [0.717, 1.165) is 17.8 Å². The molecule has 1 amide bonds. The van der Waals surface area contributed by atoms with Gasteiger partial charge in [-0.25, -0.2) is 9.97 Å². The maximum absolute atomic E-state index is 13.1. The number of carbonyl (C=O) groups excluding carboxylic acids is 1. The Balaban J connectivity index is 1.60. The summed E-state index contributed by atoms with van der Waals surface area (Å²) in [6.45, 7) is 4.10. The van der Waals surface area contributed by atoms with Gasteiger partial charge in [-0.2, -0.15) is 0 Å². The average molecular weight is 344 g/mol. The molecule has 1 aliphatic heterocycles. The first-order chi connectivity index (χ1) is 12.6. The summed E-state index contributed by atoms with van der Waals surface area (Å²) in [6, 6.07) is 17.9. The fourth-order valence-corrected chi connectivity index (χ4v) is 3.33. The van der Waals surface area contributed by atoms with Crippen molar-refractivity contribution in [1.82, 2.24) is 9.97 Å². The summed E-state index contributed by atoms with van der Waals surface area (Å²) < 4.78 is 0. The van der Waals surface area contributed by atoms with Gasteiger partial charge in [-0.1, -0.05) is 35.9 Å². The first-order valence-corrected chi connectivity index (χ1v) is 8.69. The highest BCUT2D eigenvalue weighted by Gasteiger charge is 2.31. The van der Waals surface area contributed by atoms with Crippen LogP contribution in [-0.4, -0.2) is 21.9 Å². The number of carbonyl (C=O) groups is 1. The average Bonchev–Trinajstić information content (AvgIpc) is 2.99. The Bertz CT molecular complexity index is 952. The number of amides is 1.